The summed E-state index contributed by atoms with van der Waals surface area (Å²) in [6.07, 6.45) is 0. The van der Waals surface area contributed by atoms with Gasteiger partial charge in [-0.3, -0.25) is 14.5 Å². The van der Waals surface area contributed by atoms with Crippen LogP contribution in [0.25, 0.3) is 5.76 Å². The number of aliphatic hydroxyl groups is 1. The van der Waals surface area contributed by atoms with Crippen molar-refractivity contribution < 1.29 is 28.9 Å². The van der Waals surface area contributed by atoms with Gasteiger partial charge in [0.2, 0.25) is 0 Å². The summed E-state index contributed by atoms with van der Waals surface area (Å²) in [5, 5.41) is 13.2. The number of Topliss-reactive ketones (excluding diaryl/α,β-unsaturated/α-hetero) is 1. The van der Waals surface area contributed by atoms with E-state index in [0.29, 0.717) is 34.2 Å². The summed E-state index contributed by atoms with van der Waals surface area (Å²) in [6, 6.07) is 22.4. The van der Waals surface area contributed by atoms with E-state index in [1.54, 1.807) is 42.5 Å². The highest BCUT2D eigenvalue weighted by Gasteiger charge is 2.47. The molecule has 0 saturated carbocycles. The van der Waals surface area contributed by atoms with Crippen molar-refractivity contribution in [3.05, 3.63) is 106 Å². The summed E-state index contributed by atoms with van der Waals surface area (Å²) >= 11 is 1.40. The van der Waals surface area contributed by atoms with Gasteiger partial charge in [0, 0.05) is 16.1 Å². The van der Waals surface area contributed by atoms with Gasteiger partial charge in [-0.05, 0) is 78.5 Å². The van der Waals surface area contributed by atoms with Crippen LogP contribution in [0.2, 0.25) is 0 Å². The van der Waals surface area contributed by atoms with Gasteiger partial charge >= 0.3 is 0 Å². The van der Waals surface area contributed by atoms with Crippen molar-refractivity contribution in [3.63, 3.8) is 0 Å². The number of carbonyl (C=O) groups excluding carboxylic acids is 2. The number of rotatable bonds is 7. The molecule has 7 nitrogen and oxygen atoms in total. The molecule has 8 heteroatoms. The van der Waals surface area contributed by atoms with Crippen LogP contribution >= 0.6 is 11.3 Å². The fourth-order valence-electron chi connectivity index (χ4n) is 4.44. The van der Waals surface area contributed by atoms with E-state index in [0.717, 1.165) is 10.4 Å². The number of anilines is 1. The Hall–Kier alpha value is -4.56. The van der Waals surface area contributed by atoms with Crippen LogP contribution in [-0.4, -0.2) is 31.0 Å². The average molecular weight is 528 g/mol. The Morgan fingerprint density at radius 1 is 0.868 bits per heavy atom. The third-order valence-electron chi connectivity index (χ3n) is 6.25. The van der Waals surface area contributed by atoms with Crippen molar-refractivity contribution in [2.45, 2.75) is 13.0 Å². The molecule has 0 spiro atoms. The lowest BCUT2D eigenvalue weighted by Gasteiger charge is -2.24. The van der Waals surface area contributed by atoms with E-state index in [-0.39, 0.29) is 11.3 Å². The molecule has 1 aliphatic rings. The molecule has 5 rings (SSSR count). The summed E-state index contributed by atoms with van der Waals surface area (Å²) in [6.45, 7) is 1.99. The number of hydrogen-bond donors (Lipinski definition) is 1. The van der Waals surface area contributed by atoms with Gasteiger partial charge in [0.05, 0.1) is 19.8 Å². The van der Waals surface area contributed by atoms with Gasteiger partial charge < -0.3 is 19.3 Å². The van der Waals surface area contributed by atoms with Crippen molar-refractivity contribution in [1.82, 2.24) is 0 Å². The van der Waals surface area contributed by atoms with E-state index in [2.05, 4.69) is 0 Å². The van der Waals surface area contributed by atoms with Crippen LogP contribution < -0.4 is 19.1 Å². The molecule has 4 aromatic rings. The van der Waals surface area contributed by atoms with Crippen LogP contribution in [0.3, 0.4) is 0 Å². The van der Waals surface area contributed by atoms with Crippen molar-refractivity contribution in [2.75, 3.05) is 19.1 Å². The lowest BCUT2D eigenvalue weighted by atomic mass is 9.99. The van der Waals surface area contributed by atoms with E-state index in [1.165, 1.54) is 30.5 Å². The molecule has 1 aromatic heterocycles. The molecule has 0 aliphatic carbocycles. The second-order valence-corrected chi connectivity index (χ2v) is 9.65. The monoisotopic (exact) mass is 527 g/mol. The SMILES string of the molecule is COc1ccc(/C(O)=C2/C(=O)C(=O)N(c3ccc(Oc4cccc(C)c4)cc3)C2c2cccs2)cc1OC. The molecule has 1 amide bonds. The number of methoxy groups -OCH3 is 2. The molecule has 38 heavy (non-hydrogen) atoms. The summed E-state index contributed by atoms with van der Waals surface area (Å²) in [5.41, 5.74) is 1.93. The average Bonchev–Trinajstić information content (AvgIpc) is 3.55. The molecule has 1 unspecified atom stereocenters. The fraction of sp³-hybridized carbons (Fsp3) is 0.133. The number of amides is 1. The molecule has 1 aliphatic heterocycles. The topological polar surface area (TPSA) is 85.3 Å². The zero-order valence-corrected chi connectivity index (χ0v) is 21.8. The number of hydrogen-bond acceptors (Lipinski definition) is 7. The highest BCUT2D eigenvalue weighted by Crippen LogP contribution is 2.44. The third kappa shape index (κ3) is 4.62. The van der Waals surface area contributed by atoms with Crippen molar-refractivity contribution in [2.24, 2.45) is 0 Å². The molecular weight excluding hydrogens is 502 g/mol. The first-order valence-electron chi connectivity index (χ1n) is 11.8. The standard InChI is InChI=1S/C30H25NO6S/c1-18-6-4-7-22(16-18)37-21-12-10-20(11-13-21)31-27(25-8-5-15-38-25)26(29(33)30(31)34)28(32)19-9-14-23(35-2)24(17-19)36-3/h4-17,27,32H,1-3H3/b28-26-. The van der Waals surface area contributed by atoms with Crippen LogP contribution in [0.1, 0.15) is 22.0 Å². The minimum Gasteiger partial charge on any atom is -0.507 e. The Bertz CT molecular complexity index is 1520. The van der Waals surface area contributed by atoms with E-state index >= 15 is 0 Å². The van der Waals surface area contributed by atoms with Crippen LogP contribution in [0.15, 0.2) is 89.8 Å². The number of carbonyl (C=O) groups is 2. The van der Waals surface area contributed by atoms with Gasteiger partial charge in [0.25, 0.3) is 11.7 Å². The number of nitrogens with zero attached hydrogens (tertiary/aromatic N) is 1. The first-order valence-corrected chi connectivity index (χ1v) is 12.7. The maximum atomic E-state index is 13.4. The molecular formula is C30H25NO6S. The van der Waals surface area contributed by atoms with E-state index < -0.39 is 17.7 Å². The molecule has 1 N–H and O–H groups in total. The maximum Gasteiger partial charge on any atom is 0.300 e. The Balaban J connectivity index is 1.55. The van der Waals surface area contributed by atoms with Gasteiger partial charge in [0.15, 0.2) is 11.5 Å². The fourth-order valence-corrected chi connectivity index (χ4v) is 5.27. The summed E-state index contributed by atoms with van der Waals surface area (Å²) in [7, 11) is 3.00. The molecule has 1 saturated heterocycles. The predicted molar refractivity (Wildman–Crippen MR) is 146 cm³/mol. The lowest BCUT2D eigenvalue weighted by molar-refractivity contribution is -0.132. The summed E-state index contributed by atoms with van der Waals surface area (Å²) < 4.78 is 16.6. The number of aryl methyl sites for hydroxylation is 1. The molecule has 1 fully saturated rings. The lowest BCUT2D eigenvalue weighted by Crippen LogP contribution is -2.29. The summed E-state index contributed by atoms with van der Waals surface area (Å²) in [5.74, 6) is 0.383. The zero-order valence-electron chi connectivity index (χ0n) is 21.0. The smallest absolute Gasteiger partial charge is 0.300 e. The quantitative estimate of drug-likeness (QED) is 0.168. The number of ketones is 1. The highest BCUT2D eigenvalue weighted by molar-refractivity contribution is 7.10. The maximum absolute atomic E-state index is 13.4. The normalized spacial score (nSPS) is 16.5. The van der Waals surface area contributed by atoms with E-state index in [4.69, 9.17) is 14.2 Å². The van der Waals surface area contributed by atoms with Crippen LogP contribution in [0.4, 0.5) is 5.69 Å². The zero-order chi connectivity index (χ0) is 26.8. The van der Waals surface area contributed by atoms with E-state index in [9.17, 15) is 14.7 Å². The molecule has 1 atom stereocenters. The number of aliphatic hydroxyl groups excluding tert-OH is 1. The van der Waals surface area contributed by atoms with Crippen LogP contribution in [-0.2, 0) is 9.59 Å². The number of thiophene rings is 1. The molecule has 2 heterocycles. The van der Waals surface area contributed by atoms with Gasteiger partial charge in [-0.1, -0.05) is 18.2 Å². The minimum atomic E-state index is -0.799. The third-order valence-corrected chi connectivity index (χ3v) is 7.18. The predicted octanol–water partition coefficient (Wildman–Crippen LogP) is 6.49. The Kier molecular flexibility index (Phi) is 6.89. The van der Waals surface area contributed by atoms with Crippen molar-refractivity contribution in [1.29, 1.82) is 0 Å². The summed E-state index contributed by atoms with van der Waals surface area (Å²) in [4.78, 5) is 28.9. The Morgan fingerprint density at radius 2 is 1.63 bits per heavy atom. The Morgan fingerprint density at radius 3 is 2.29 bits per heavy atom. The van der Waals surface area contributed by atoms with Crippen molar-refractivity contribution >= 4 is 34.5 Å². The second kappa shape index (κ2) is 10.4. The van der Waals surface area contributed by atoms with Gasteiger partial charge in [-0.15, -0.1) is 11.3 Å². The van der Waals surface area contributed by atoms with Crippen molar-refractivity contribution in [3.8, 4) is 23.0 Å². The first-order chi connectivity index (χ1) is 18.4. The molecule has 3 aromatic carbocycles. The number of ether oxygens (including phenoxy) is 3. The molecule has 0 radical (unpaired) electrons. The highest BCUT2D eigenvalue weighted by atomic mass is 32.1. The number of benzene rings is 3. The molecule has 0 bridgehead atoms. The first kappa shape index (κ1) is 25.1. The van der Waals surface area contributed by atoms with Gasteiger partial charge in [0.1, 0.15) is 23.3 Å². The van der Waals surface area contributed by atoms with E-state index in [1.807, 2.05) is 48.7 Å². The van der Waals surface area contributed by atoms with Gasteiger partial charge in [-0.25, -0.2) is 0 Å². The second-order valence-electron chi connectivity index (χ2n) is 8.67. The van der Waals surface area contributed by atoms with Crippen LogP contribution in [0.5, 0.6) is 23.0 Å². The minimum absolute atomic E-state index is 0.00440. The van der Waals surface area contributed by atoms with Gasteiger partial charge in [-0.2, -0.15) is 0 Å². The Labute approximate surface area is 224 Å². The molecule has 192 valence electrons. The van der Waals surface area contributed by atoms with Crippen LogP contribution in [0, 0.1) is 6.92 Å². The largest absolute Gasteiger partial charge is 0.507 e.